The number of hydrogen-bond acceptors (Lipinski definition) is 2. The van der Waals surface area contributed by atoms with Gasteiger partial charge in [-0.25, -0.2) is 4.98 Å². The molecule has 0 spiro atoms. The molecule has 1 saturated heterocycles. The van der Waals surface area contributed by atoms with Crippen LogP contribution in [0.3, 0.4) is 0 Å². The van der Waals surface area contributed by atoms with Crippen LogP contribution in [0.1, 0.15) is 24.0 Å². The lowest BCUT2D eigenvalue weighted by molar-refractivity contribution is -0.884. The maximum Gasteiger partial charge on any atom is 0.166 e. The Morgan fingerprint density at radius 2 is 1.95 bits per heavy atom. The van der Waals surface area contributed by atoms with Gasteiger partial charge in [-0.05, 0) is 37.1 Å². The van der Waals surface area contributed by atoms with Gasteiger partial charge in [-0.2, -0.15) is 0 Å². The van der Waals surface area contributed by atoms with Crippen molar-refractivity contribution in [2.24, 2.45) is 0 Å². The average molecular weight is 276 g/mol. The van der Waals surface area contributed by atoms with E-state index in [4.69, 9.17) is 0 Å². The zero-order valence-corrected chi connectivity index (χ0v) is 12.6. The molecule has 102 valence electrons. The zero-order valence-electron chi connectivity index (χ0n) is 11.8. The van der Waals surface area contributed by atoms with E-state index < -0.39 is 0 Å². The first kappa shape index (κ1) is 13.0. The predicted molar refractivity (Wildman–Crippen MR) is 81.1 cm³/mol. The van der Waals surface area contributed by atoms with Gasteiger partial charge in [0.05, 0.1) is 36.4 Å². The molecule has 2 N–H and O–H groups in total. The number of likely N-dealkylation sites (tertiary alicyclic amines) is 1. The number of thioether (sulfide) groups is 1. The zero-order chi connectivity index (χ0) is 13.2. The molecule has 0 unspecified atom stereocenters. The molecule has 1 fully saturated rings. The van der Waals surface area contributed by atoms with E-state index in [1.165, 1.54) is 49.1 Å². The maximum atomic E-state index is 4.68. The number of nitrogens with one attached hydrogen (secondary N) is 2. The Morgan fingerprint density at radius 1 is 1.21 bits per heavy atom. The minimum absolute atomic E-state index is 1.07. The summed E-state index contributed by atoms with van der Waals surface area (Å²) in [5, 5.41) is 1.07. The van der Waals surface area contributed by atoms with E-state index in [0.717, 1.165) is 16.4 Å². The van der Waals surface area contributed by atoms with Crippen LogP contribution in [0.25, 0.3) is 11.0 Å². The standard InChI is InChI=1S/C15H21N3S/c1-11-9-13-14(10-12(11)2)17-15(16-13)19-8-7-18-5-3-4-6-18/h9-10H,3-8H2,1-2H3,(H,16,17)/p+1. The van der Waals surface area contributed by atoms with Gasteiger partial charge >= 0.3 is 0 Å². The normalized spacial score (nSPS) is 16.5. The number of hydrogen-bond donors (Lipinski definition) is 2. The number of aromatic nitrogens is 2. The summed E-state index contributed by atoms with van der Waals surface area (Å²) < 4.78 is 0. The molecule has 2 aromatic rings. The minimum Gasteiger partial charge on any atom is -0.334 e. The molecule has 3 rings (SSSR count). The van der Waals surface area contributed by atoms with Crippen molar-refractivity contribution in [3.8, 4) is 0 Å². The third-order valence-corrected chi connectivity index (χ3v) is 4.96. The van der Waals surface area contributed by atoms with Crippen LogP contribution in [-0.4, -0.2) is 35.4 Å². The first-order valence-corrected chi connectivity index (χ1v) is 8.14. The highest BCUT2D eigenvalue weighted by atomic mass is 32.2. The lowest BCUT2D eigenvalue weighted by Gasteiger charge is -2.10. The number of H-pyrrole nitrogens is 1. The summed E-state index contributed by atoms with van der Waals surface area (Å²) in [6, 6.07) is 4.38. The second kappa shape index (κ2) is 5.55. The Labute approximate surface area is 118 Å². The van der Waals surface area contributed by atoms with Gasteiger partial charge in [0.25, 0.3) is 0 Å². The van der Waals surface area contributed by atoms with E-state index >= 15 is 0 Å². The van der Waals surface area contributed by atoms with Crippen LogP contribution in [0.15, 0.2) is 17.3 Å². The summed E-state index contributed by atoms with van der Waals surface area (Å²) >= 11 is 1.86. The number of aryl methyl sites for hydroxylation is 2. The molecule has 0 aliphatic carbocycles. The number of rotatable bonds is 4. The second-order valence-electron chi connectivity index (χ2n) is 5.55. The third-order valence-electron chi connectivity index (χ3n) is 4.08. The molecule has 0 radical (unpaired) electrons. The Bertz CT molecular complexity index is 531. The number of imidazole rings is 1. The topological polar surface area (TPSA) is 33.1 Å². The molecule has 0 atom stereocenters. The van der Waals surface area contributed by atoms with Crippen molar-refractivity contribution in [2.75, 3.05) is 25.4 Å². The van der Waals surface area contributed by atoms with Crippen molar-refractivity contribution in [1.29, 1.82) is 0 Å². The molecule has 0 saturated carbocycles. The summed E-state index contributed by atoms with van der Waals surface area (Å²) in [5.74, 6) is 1.16. The van der Waals surface area contributed by atoms with E-state index in [1.54, 1.807) is 4.90 Å². The molecule has 1 aromatic heterocycles. The number of nitrogens with zero attached hydrogens (tertiary/aromatic N) is 1. The second-order valence-corrected chi connectivity index (χ2v) is 6.63. The lowest BCUT2D eigenvalue weighted by atomic mass is 10.1. The first-order valence-electron chi connectivity index (χ1n) is 7.16. The van der Waals surface area contributed by atoms with Gasteiger partial charge in [-0.15, -0.1) is 0 Å². The highest BCUT2D eigenvalue weighted by Crippen LogP contribution is 2.21. The van der Waals surface area contributed by atoms with E-state index in [-0.39, 0.29) is 0 Å². The van der Waals surface area contributed by atoms with Crippen molar-refractivity contribution < 1.29 is 4.90 Å². The van der Waals surface area contributed by atoms with E-state index in [0.29, 0.717) is 0 Å². The molecule has 2 heterocycles. The average Bonchev–Trinajstić information content (AvgIpc) is 2.99. The Kier molecular flexibility index (Phi) is 3.80. The molecule has 3 nitrogen and oxygen atoms in total. The quantitative estimate of drug-likeness (QED) is 0.837. The van der Waals surface area contributed by atoms with Crippen LogP contribution in [0.4, 0.5) is 0 Å². The van der Waals surface area contributed by atoms with Gasteiger partial charge in [0.2, 0.25) is 0 Å². The van der Waals surface area contributed by atoms with Crippen molar-refractivity contribution in [1.82, 2.24) is 9.97 Å². The van der Waals surface area contributed by atoms with Crippen molar-refractivity contribution in [2.45, 2.75) is 31.8 Å². The third kappa shape index (κ3) is 2.95. The Balaban J connectivity index is 1.64. The number of quaternary nitrogens is 1. The summed E-state index contributed by atoms with van der Waals surface area (Å²) in [4.78, 5) is 9.87. The predicted octanol–water partition coefficient (Wildman–Crippen LogP) is 1.95. The largest absolute Gasteiger partial charge is 0.334 e. The molecular weight excluding hydrogens is 254 g/mol. The maximum absolute atomic E-state index is 4.68. The molecule has 0 amide bonds. The molecule has 0 bridgehead atoms. The van der Waals surface area contributed by atoms with Crippen LogP contribution in [-0.2, 0) is 0 Å². The fraction of sp³-hybridized carbons (Fsp3) is 0.533. The monoisotopic (exact) mass is 276 g/mol. The number of benzene rings is 1. The van der Waals surface area contributed by atoms with Crippen LogP contribution >= 0.6 is 11.8 Å². The summed E-state index contributed by atoms with van der Waals surface area (Å²) in [5.41, 5.74) is 4.91. The van der Waals surface area contributed by atoms with Crippen LogP contribution in [0.5, 0.6) is 0 Å². The summed E-state index contributed by atoms with van der Waals surface area (Å²) in [7, 11) is 0. The lowest BCUT2D eigenvalue weighted by Crippen LogP contribution is -3.10. The SMILES string of the molecule is Cc1cc2nc(SCC[NH+]3CCCC3)[nH]c2cc1C. The highest BCUT2D eigenvalue weighted by Gasteiger charge is 2.15. The van der Waals surface area contributed by atoms with E-state index in [2.05, 4.69) is 35.9 Å². The molecular formula is C15H22N3S+. The van der Waals surface area contributed by atoms with Crippen LogP contribution < -0.4 is 4.90 Å². The Morgan fingerprint density at radius 3 is 2.74 bits per heavy atom. The molecule has 1 aliphatic rings. The first-order chi connectivity index (χ1) is 9.22. The van der Waals surface area contributed by atoms with E-state index in [9.17, 15) is 0 Å². The van der Waals surface area contributed by atoms with Gasteiger partial charge in [0.1, 0.15) is 0 Å². The van der Waals surface area contributed by atoms with E-state index in [1.807, 2.05) is 11.8 Å². The fourth-order valence-electron chi connectivity index (χ4n) is 2.73. The molecule has 19 heavy (non-hydrogen) atoms. The molecule has 1 aliphatic heterocycles. The number of aromatic amines is 1. The van der Waals surface area contributed by atoms with Crippen LogP contribution in [0, 0.1) is 13.8 Å². The fourth-order valence-corrected chi connectivity index (χ4v) is 3.66. The molecule has 4 heteroatoms. The van der Waals surface area contributed by atoms with Gasteiger partial charge < -0.3 is 9.88 Å². The summed E-state index contributed by atoms with van der Waals surface area (Å²) in [6.07, 6.45) is 2.81. The van der Waals surface area contributed by atoms with Crippen molar-refractivity contribution in [3.05, 3.63) is 23.3 Å². The van der Waals surface area contributed by atoms with Gasteiger partial charge in [0.15, 0.2) is 5.16 Å². The van der Waals surface area contributed by atoms with Crippen molar-refractivity contribution >= 4 is 22.8 Å². The van der Waals surface area contributed by atoms with Crippen molar-refractivity contribution in [3.63, 3.8) is 0 Å². The Hall–Kier alpha value is -1.00. The molecule has 1 aromatic carbocycles. The summed E-state index contributed by atoms with van der Waals surface area (Å²) in [6.45, 7) is 8.28. The van der Waals surface area contributed by atoms with Gasteiger partial charge in [-0.3, -0.25) is 0 Å². The highest BCUT2D eigenvalue weighted by molar-refractivity contribution is 7.99. The minimum atomic E-state index is 1.07. The van der Waals surface area contributed by atoms with Gasteiger partial charge in [0, 0.05) is 12.8 Å². The number of fused-ring (bicyclic) bond motifs is 1. The van der Waals surface area contributed by atoms with Crippen LogP contribution in [0.2, 0.25) is 0 Å². The van der Waals surface area contributed by atoms with Gasteiger partial charge in [-0.1, -0.05) is 11.8 Å². The smallest absolute Gasteiger partial charge is 0.166 e.